The van der Waals surface area contributed by atoms with Crippen molar-refractivity contribution in [2.75, 3.05) is 13.1 Å². The van der Waals surface area contributed by atoms with Crippen LogP contribution in [0.3, 0.4) is 0 Å². The van der Waals surface area contributed by atoms with Gasteiger partial charge in [0.1, 0.15) is 16.5 Å². The number of rotatable bonds is 7. The number of nitrogens with zero attached hydrogens (tertiary/aromatic N) is 3. The number of aromatic nitrogens is 2. The number of thiazole rings is 1. The standard InChI is InChI=1S/C17H26N4O2S/c1-10(2)21(11(3)4)8-7-18-16(22)14-9-24-17(19-14)15-12(5)20-23-13(15)6/h9-11H,7-8H2,1-6H3,(H,18,22). The first-order valence-electron chi connectivity index (χ1n) is 8.24. The zero-order chi connectivity index (χ0) is 17.9. The minimum absolute atomic E-state index is 0.142. The summed E-state index contributed by atoms with van der Waals surface area (Å²) in [5.74, 6) is 0.579. The monoisotopic (exact) mass is 350 g/mol. The van der Waals surface area contributed by atoms with E-state index in [0.29, 0.717) is 24.3 Å². The van der Waals surface area contributed by atoms with E-state index >= 15 is 0 Å². The van der Waals surface area contributed by atoms with Crippen LogP contribution in [-0.4, -0.2) is 46.1 Å². The van der Waals surface area contributed by atoms with E-state index in [-0.39, 0.29) is 5.91 Å². The quantitative estimate of drug-likeness (QED) is 0.830. The molecule has 6 nitrogen and oxygen atoms in total. The maximum atomic E-state index is 12.3. The molecule has 2 aromatic rings. The van der Waals surface area contributed by atoms with Crippen molar-refractivity contribution < 1.29 is 9.32 Å². The smallest absolute Gasteiger partial charge is 0.270 e. The summed E-state index contributed by atoms with van der Waals surface area (Å²) in [6.07, 6.45) is 0. The van der Waals surface area contributed by atoms with E-state index in [0.717, 1.165) is 28.6 Å². The van der Waals surface area contributed by atoms with E-state index in [1.165, 1.54) is 11.3 Å². The molecule has 1 amide bonds. The van der Waals surface area contributed by atoms with Gasteiger partial charge in [-0.15, -0.1) is 11.3 Å². The second kappa shape index (κ2) is 7.90. The van der Waals surface area contributed by atoms with Gasteiger partial charge < -0.3 is 9.84 Å². The first-order chi connectivity index (χ1) is 11.3. The Bertz CT molecular complexity index is 663. The van der Waals surface area contributed by atoms with E-state index in [2.05, 4.69) is 48.1 Å². The van der Waals surface area contributed by atoms with E-state index < -0.39 is 0 Å². The van der Waals surface area contributed by atoms with Gasteiger partial charge in [0.05, 0.1) is 11.3 Å². The summed E-state index contributed by atoms with van der Waals surface area (Å²) in [5.41, 5.74) is 2.11. The average molecular weight is 350 g/mol. The Morgan fingerprint density at radius 2 is 1.96 bits per heavy atom. The minimum Gasteiger partial charge on any atom is -0.361 e. The molecular formula is C17H26N4O2S. The van der Waals surface area contributed by atoms with Gasteiger partial charge in [0, 0.05) is 30.6 Å². The van der Waals surface area contributed by atoms with Crippen LogP contribution in [0.2, 0.25) is 0 Å². The maximum Gasteiger partial charge on any atom is 0.270 e. The third-order valence-electron chi connectivity index (χ3n) is 3.97. The first kappa shape index (κ1) is 18.6. The van der Waals surface area contributed by atoms with Crippen molar-refractivity contribution in [3.8, 4) is 10.6 Å². The second-order valence-corrected chi connectivity index (χ2v) is 7.28. The zero-order valence-corrected chi connectivity index (χ0v) is 16.0. The van der Waals surface area contributed by atoms with Gasteiger partial charge in [-0.3, -0.25) is 9.69 Å². The van der Waals surface area contributed by atoms with Gasteiger partial charge >= 0.3 is 0 Å². The Morgan fingerprint density at radius 1 is 1.29 bits per heavy atom. The van der Waals surface area contributed by atoms with Crippen LogP contribution >= 0.6 is 11.3 Å². The molecule has 7 heteroatoms. The molecule has 0 spiro atoms. The zero-order valence-electron chi connectivity index (χ0n) is 15.2. The summed E-state index contributed by atoms with van der Waals surface area (Å²) in [7, 11) is 0. The summed E-state index contributed by atoms with van der Waals surface area (Å²) >= 11 is 1.43. The van der Waals surface area contributed by atoms with Gasteiger partial charge in [-0.25, -0.2) is 4.98 Å². The maximum absolute atomic E-state index is 12.3. The fraction of sp³-hybridized carbons (Fsp3) is 0.588. The van der Waals surface area contributed by atoms with Crippen LogP contribution < -0.4 is 5.32 Å². The summed E-state index contributed by atoms with van der Waals surface area (Å²) in [6, 6.07) is 0.902. The first-order valence-corrected chi connectivity index (χ1v) is 9.12. The predicted octanol–water partition coefficient (Wildman–Crippen LogP) is 3.26. The molecule has 0 aliphatic heterocycles. The number of carbonyl (C=O) groups is 1. The van der Waals surface area contributed by atoms with Crippen LogP contribution in [0.15, 0.2) is 9.90 Å². The highest BCUT2D eigenvalue weighted by Gasteiger charge is 2.18. The molecule has 1 N–H and O–H groups in total. The third kappa shape index (κ3) is 4.21. The van der Waals surface area contributed by atoms with Crippen LogP contribution in [-0.2, 0) is 0 Å². The highest BCUT2D eigenvalue weighted by Crippen LogP contribution is 2.29. The number of carbonyl (C=O) groups excluding carboxylic acids is 1. The Morgan fingerprint density at radius 3 is 2.50 bits per heavy atom. The molecule has 0 bridgehead atoms. The van der Waals surface area contributed by atoms with Gasteiger partial charge in [0.15, 0.2) is 0 Å². The summed E-state index contributed by atoms with van der Waals surface area (Å²) in [6.45, 7) is 13.8. The molecule has 0 aliphatic rings. The van der Waals surface area contributed by atoms with Crippen LogP contribution in [0.5, 0.6) is 0 Å². The average Bonchev–Trinajstić information content (AvgIpc) is 3.09. The molecule has 2 aromatic heterocycles. The molecule has 0 aromatic carbocycles. The molecule has 0 saturated heterocycles. The van der Waals surface area contributed by atoms with E-state index in [1.807, 2.05) is 13.8 Å². The Labute approximate surface area is 147 Å². The number of aryl methyl sites for hydroxylation is 2. The van der Waals surface area contributed by atoms with Gasteiger partial charge in [-0.05, 0) is 41.5 Å². The molecule has 0 unspecified atom stereocenters. The van der Waals surface area contributed by atoms with Crippen molar-refractivity contribution >= 4 is 17.2 Å². The molecule has 0 atom stereocenters. The lowest BCUT2D eigenvalue weighted by Gasteiger charge is -2.30. The van der Waals surface area contributed by atoms with Gasteiger partial charge in [-0.1, -0.05) is 5.16 Å². The SMILES string of the molecule is Cc1noc(C)c1-c1nc(C(=O)NCCN(C(C)C)C(C)C)cs1. The van der Waals surface area contributed by atoms with Gasteiger partial charge in [0.25, 0.3) is 5.91 Å². The summed E-state index contributed by atoms with van der Waals surface area (Å²) in [4.78, 5) is 19.1. The molecule has 0 aliphatic carbocycles. The highest BCUT2D eigenvalue weighted by molar-refractivity contribution is 7.13. The predicted molar refractivity (Wildman–Crippen MR) is 96.4 cm³/mol. The van der Waals surface area contributed by atoms with Crippen molar-refractivity contribution in [1.29, 1.82) is 0 Å². The minimum atomic E-state index is -0.142. The number of hydrogen-bond donors (Lipinski definition) is 1. The largest absolute Gasteiger partial charge is 0.361 e. The Kier molecular flexibility index (Phi) is 6.12. The fourth-order valence-electron chi connectivity index (χ4n) is 2.78. The third-order valence-corrected chi connectivity index (χ3v) is 4.83. The topological polar surface area (TPSA) is 71.3 Å². The molecule has 132 valence electrons. The van der Waals surface area contributed by atoms with E-state index in [1.54, 1.807) is 5.38 Å². The molecule has 2 rings (SSSR count). The lowest BCUT2D eigenvalue weighted by molar-refractivity contribution is 0.0935. The Hall–Kier alpha value is -1.73. The van der Waals surface area contributed by atoms with Crippen molar-refractivity contribution in [3.05, 3.63) is 22.5 Å². The van der Waals surface area contributed by atoms with Crippen LogP contribution in [0.4, 0.5) is 0 Å². The number of nitrogens with one attached hydrogen (secondary N) is 1. The number of amides is 1. The number of hydrogen-bond acceptors (Lipinski definition) is 6. The van der Waals surface area contributed by atoms with Crippen molar-refractivity contribution in [2.24, 2.45) is 0 Å². The molecule has 0 saturated carbocycles. The molecule has 0 fully saturated rings. The van der Waals surface area contributed by atoms with E-state index in [9.17, 15) is 4.79 Å². The molecule has 2 heterocycles. The molecule has 24 heavy (non-hydrogen) atoms. The van der Waals surface area contributed by atoms with Crippen molar-refractivity contribution in [3.63, 3.8) is 0 Å². The van der Waals surface area contributed by atoms with E-state index in [4.69, 9.17) is 4.52 Å². The second-order valence-electron chi connectivity index (χ2n) is 6.42. The van der Waals surface area contributed by atoms with Crippen LogP contribution in [0.25, 0.3) is 10.6 Å². The lowest BCUT2D eigenvalue weighted by Crippen LogP contribution is -2.42. The molecular weight excluding hydrogens is 324 g/mol. The lowest BCUT2D eigenvalue weighted by atomic mass is 10.2. The van der Waals surface area contributed by atoms with Crippen LogP contribution in [0, 0.1) is 13.8 Å². The van der Waals surface area contributed by atoms with Gasteiger partial charge in [0.2, 0.25) is 0 Å². The Balaban J connectivity index is 1.97. The van der Waals surface area contributed by atoms with Crippen molar-refractivity contribution in [2.45, 2.75) is 53.6 Å². The fourth-order valence-corrected chi connectivity index (χ4v) is 3.73. The van der Waals surface area contributed by atoms with Crippen molar-refractivity contribution in [1.82, 2.24) is 20.4 Å². The molecule has 0 radical (unpaired) electrons. The summed E-state index contributed by atoms with van der Waals surface area (Å²) < 4.78 is 5.17. The summed E-state index contributed by atoms with van der Waals surface area (Å²) in [5, 5.41) is 9.43. The van der Waals surface area contributed by atoms with Crippen LogP contribution in [0.1, 0.15) is 49.6 Å². The highest BCUT2D eigenvalue weighted by atomic mass is 32.1. The van der Waals surface area contributed by atoms with Gasteiger partial charge in [-0.2, -0.15) is 0 Å². The normalized spacial score (nSPS) is 11.7.